The third-order valence-electron chi connectivity index (χ3n) is 7.23. The van der Waals surface area contributed by atoms with E-state index in [-0.39, 0.29) is 49.6 Å². The van der Waals surface area contributed by atoms with Crippen LogP contribution in [0.15, 0.2) is 53.4 Å². The van der Waals surface area contributed by atoms with Crippen molar-refractivity contribution < 1.29 is 37.3 Å². The fourth-order valence-corrected chi connectivity index (χ4v) is 6.52. The van der Waals surface area contributed by atoms with Gasteiger partial charge in [-0.15, -0.1) is 0 Å². The number of carbonyl (C=O) groups excluding carboxylic acids is 2. The Bertz CT molecular complexity index is 1360. The van der Waals surface area contributed by atoms with Crippen LogP contribution in [0, 0.1) is 11.3 Å². The molecule has 0 bridgehead atoms. The van der Waals surface area contributed by atoms with Crippen molar-refractivity contribution in [2.75, 3.05) is 46.7 Å². The Morgan fingerprint density at radius 2 is 1.71 bits per heavy atom. The summed E-state index contributed by atoms with van der Waals surface area (Å²) in [4.78, 5) is 26.5. The minimum absolute atomic E-state index is 0.00116. The highest BCUT2D eigenvalue weighted by Gasteiger charge is 2.37. The largest absolute Gasteiger partial charge is 0.454 e. The molecule has 1 aliphatic heterocycles. The number of nitrogens with one attached hydrogen (secondary N) is 3. The molecule has 0 spiro atoms. The van der Waals surface area contributed by atoms with Gasteiger partial charge >= 0.3 is 0 Å². The summed E-state index contributed by atoms with van der Waals surface area (Å²) in [6, 6.07) is 11.9. The summed E-state index contributed by atoms with van der Waals surface area (Å²) in [5.41, 5.74) is 0.176. The second kappa shape index (κ2) is 16.4. The van der Waals surface area contributed by atoms with Gasteiger partial charge in [-0.2, -0.15) is 4.31 Å². The average molecular weight is 649 g/mol. The molecule has 1 heterocycles. The number of fused-ring (bicyclic) bond motifs is 1. The van der Waals surface area contributed by atoms with E-state index in [0.29, 0.717) is 24.7 Å². The number of methoxy groups -OCH3 is 1. The van der Waals surface area contributed by atoms with E-state index in [1.807, 2.05) is 65.0 Å². The van der Waals surface area contributed by atoms with Crippen molar-refractivity contribution in [2.24, 2.45) is 11.3 Å². The lowest BCUT2D eigenvalue weighted by atomic mass is 9.85. The van der Waals surface area contributed by atoms with Crippen LogP contribution < -0.4 is 25.4 Å². The highest BCUT2D eigenvalue weighted by Crippen LogP contribution is 2.35. The minimum atomic E-state index is -4.06. The minimum Gasteiger partial charge on any atom is -0.454 e. The number of rotatable bonds is 17. The fourth-order valence-electron chi connectivity index (χ4n) is 4.88. The molecule has 0 saturated carbocycles. The molecule has 3 atom stereocenters. The third-order valence-corrected chi connectivity index (χ3v) is 9.06. The maximum Gasteiger partial charge on any atom is 0.243 e. The lowest BCUT2D eigenvalue weighted by molar-refractivity contribution is -0.132. The van der Waals surface area contributed by atoms with E-state index in [2.05, 4.69) is 16.0 Å². The van der Waals surface area contributed by atoms with Crippen LogP contribution in [-0.4, -0.2) is 94.5 Å². The fraction of sp³-hybridized carbons (Fsp3) is 0.562. The zero-order valence-electron chi connectivity index (χ0n) is 27.0. The van der Waals surface area contributed by atoms with Crippen LogP contribution in [0.2, 0.25) is 0 Å². The molecular weight excluding hydrogens is 600 g/mol. The Labute approximate surface area is 266 Å². The van der Waals surface area contributed by atoms with E-state index in [1.54, 1.807) is 13.2 Å². The van der Waals surface area contributed by atoms with Gasteiger partial charge in [-0.05, 0) is 35.4 Å². The lowest BCUT2D eigenvalue weighted by Crippen LogP contribution is -2.59. The van der Waals surface area contributed by atoms with E-state index in [1.165, 1.54) is 16.4 Å². The Morgan fingerprint density at radius 1 is 1.02 bits per heavy atom. The van der Waals surface area contributed by atoms with Crippen LogP contribution >= 0.6 is 0 Å². The van der Waals surface area contributed by atoms with Crippen LogP contribution in [0.25, 0.3) is 0 Å². The quantitative estimate of drug-likeness (QED) is 0.188. The molecule has 3 rings (SSSR count). The molecule has 2 aromatic rings. The summed E-state index contributed by atoms with van der Waals surface area (Å²) in [5, 5.41) is 20.3. The molecule has 2 amide bonds. The summed E-state index contributed by atoms with van der Waals surface area (Å²) in [7, 11) is -2.50. The van der Waals surface area contributed by atoms with Crippen LogP contribution in [0.3, 0.4) is 0 Å². The van der Waals surface area contributed by atoms with Gasteiger partial charge in [-0.1, -0.05) is 65.0 Å². The summed E-state index contributed by atoms with van der Waals surface area (Å²) in [5.74, 6) is -0.108. The number of sulfonamides is 1. The van der Waals surface area contributed by atoms with Gasteiger partial charge < -0.3 is 35.3 Å². The first kappa shape index (κ1) is 36.2. The first-order valence-electron chi connectivity index (χ1n) is 15.1. The topological polar surface area (TPSA) is 156 Å². The number of nitrogens with zero attached hydrogens (tertiary/aromatic N) is 1. The summed E-state index contributed by atoms with van der Waals surface area (Å²) in [6.07, 6.45) is -1.06. The predicted octanol–water partition coefficient (Wildman–Crippen LogP) is 1.92. The van der Waals surface area contributed by atoms with Gasteiger partial charge in [0.25, 0.3) is 0 Å². The molecule has 250 valence electrons. The normalized spacial score (nSPS) is 15.1. The molecule has 0 saturated heterocycles. The SMILES string of the molecule is COCCNCC(=O)NC(C(=O)NC(Cc1ccccc1)C(O)CN(CC(C)C)S(=O)(=O)c1ccc2c(c1)OCO2)C(C)(C)C. The lowest BCUT2D eigenvalue weighted by Gasteiger charge is -2.34. The highest BCUT2D eigenvalue weighted by atomic mass is 32.2. The third kappa shape index (κ3) is 10.7. The first-order valence-corrected chi connectivity index (χ1v) is 16.6. The number of benzene rings is 2. The summed E-state index contributed by atoms with van der Waals surface area (Å²) >= 11 is 0. The van der Waals surface area contributed by atoms with E-state index in [4.69, 9.17) is 14.2 Å². The van der Waals surface area contributed by atoms with Gasteiger partial charge in [-0.3, -0.25) is 9.59 Å². The van der Waals surface area contributed by atoms with Crippen molar-refractivity contribution in [1.82, 2.24) is 20.3 Å². The maximum atomic E-state index is 13.9. The molecule has 4 N–H and O–H groups in total. The van der Waals surface area contributed by atoms with Gasteiger partial charge in [0.15, 0.2) is 11.5 Å². The van der Waals surface area contributed by atoms with E-state index in [0.717, 1.165) is 5.56 Å². The Hall–Kier alpha value is -3.23. The molecule has 0 radical (unpaired) electrons. The molecule has 3 unspecified atom stereocenters. The number of hydrogen-bond acceptors (Lipinski definition) is 9. The van der Waals surface area contributed by atoms with Gasteiger partial charge in [-0.25, -0.2) is 8.42 Å². The van der Waals surface area contributed by atoms with Crippen LogP contribution in [-0.2, 0) is 30.8 Å². The molecule has 13 heteroatoms. The standard InChI is InChI=1S/C32H48N4O8S/c1-22(2)19-36(45(40,41)24-12-13-27-28(17-24)44-21-43-27)20-26(37)25(16-23-10-8-7-9-11-23)34-31(39)30(32(3,4)5)35-29(38)18-33-14-15-42-6/h7-13,17,22,25-26,30,33,37H,14-16,18-21H2,1-6H3,(H,34,39)(H,35,38). The molecule has 2 aromatic carbocycles. The molecule has 12 nitrogen and oxygen atoms in total. The number of hydrogen-bond donors (Lipinski definition) is 4. The molecular formula is C32H48N4O8S. The molecule has 1 aliphatic rings. The Balaban J connectivity index is 1.85. The van der Waals surface area contributed by atoms with Gasteiger partial charge in [0, 0.05) is 32.8 Å². The summed E-state index contributed by atoms with van der Waals surface area (Å²) < 4.78 is 44.7. The van der Waals surface area contributed by atoms with Gasteiger partial charge in [0.2, 0.25) is 28.6 Å². The number of amides is 2. The second-order valence-electron chi connectivity index (χ2n) is 12.6. The number of aliphatic hydroxyl groups is 1. The summed E-state index contributed by atoms with van der Waals surface area (Å²) in [6.45, 7) is 10.1. The zero-order valence-corrected chi connectivity index (χ0v) is 27.9. The first-order chi connectivity index (χ1) is 21.2. The van der Waals surface area contributed by atoms with Crippen LogP contribution in [0.4, 0.5) is 0 Å². The van der Waals surface area contributed by atoms with Crippen LogP contribution in [0.1, 0.15) is 40.2 Å². The van der Waals surface area contributed by atoms with Crippen molar-refractivity contribution >= 4 is 21.8 Å². The average Bonchev–Trinajstić information content (AvgIpc) is 3.45. The van der Waals surface area contributed by atoms with Crippen molar-refractivity contribution in [3.05, 3.63) is 54.1 Å². The number of ether oxygens (including phenoxy) is 3. The zero-order chi connectivity index (χ0) is 33.2. The van der Waals surface area contributed by atoms with Crippen molar-refractivity contribution in [3.8, 4) is 11.5 Å². The monoisotopic (exact) mass is 648 g/mol. The molecule has 0 aliphatic carbocycles. The van der Waals surface area contributed by atoms with Crippen molar-refractivity contribution in [1.29, 1.82) is 0 Å². The van der Waals surface area contributed by atoms with Gasteiger partial charge in [0.1, 0.15) is 6.04 Å². The van der Waals surface area contributed by atoms with Crippen molar-refractivity contribution in [3.63, 3.8) is 0 Å². The Morgan fingerprint density at radius 3 is 2.36 bits per heavy atom. The predicted molar refractivity (Wildman–Crippen MR) is 170 cm³/mol. The number of carbonyl (C=O) groups is 2. The highest BCUT2D eigenvalue weighted by molar-refractivity contribution is 7.89. The van der Waals surface area contributed by atoms with E-state index < -0.39 is 39.5 Å². The van der Waals surface area contributed by atoms with Crippen molar-refractivity contribution in [2.45, 2.75) is 64.1 Å². The smallest absolute Gasteiger partial charge is 0.243 e. The molecule has 0 fully saturated rings. The van der Waals surface area contributed by atoms with E-state index in [9.17, 15) is 23.1 Å². The van der Waals surface area contributed by atoms with Gasteiger partial charge in [0.05, 0.1) is 30.2 Å². The second-order valence-corrected chi connectivity index (χ2v) is 14.6. The Kier molecular flexibility index (Phi) is 13.2. The van der Waals surface area contributed by atoms with E-state index >= 15 is 0 Å². The maximum absolute atomic E-state index is 13.9. The molecule has 45 heavy (non-hydrogen) atoms. The number of aliphatic hydroxyl groups excluding tert-OH is 1. The molecule has 0 aromatic heterocycles. The van der Waals surface area contributed by atoms with Crippen LogP contribution in [0.5, 0.6) is 11.5 Å².